The van der Waals surface area contributed by atoms with Crippen molar-refractivity contribution in [3.05, 3.63) is 0 Å². The molecule has 0 spiro atoms. The molecule has 0 saturated carbocycles. The number of piperazine rings is 1. The van der Waals surface area contributed by atoms with Crippen LogP contribution in [0.2, 0.25) is 0 Å². The molecule has 0 bridgehead atoms. The Morgan fingerprint density at radius 3 is 2.24 bits per heavy atom. The van der Waals surface area contributed by atoms with E-state index in [1.807, 2.05) is 19.0 Å². The van der Waals surface area contributed by atoms with Crippen LogP contribution >= 0.6 is 0 Å². The van der Waals surface area contributed by atoms with Crippen LogP contribution in [-0.2, 0) is 4.79 Å². The van der Waals surface area contributed by atoms with Gasteiger partial charge in [-0.1, -0.05) is 13.8 Å². The molecule has 0 aromatic rings. The lowest BCUT2D eigenvalue weighted by atomic mass is 9.93. The van der Waals surface area contributed by atoms with Crippen LogP contribution in [0.5, 0.6) is 0 Å². The van der Waals surface area contributed by atoms with Gasteiger partial charge in [-0.3, -0.25) is 9.69 Å². The molecule has 0 atom stereocenters. The molecular weight excluding hydrogens is 272 g/mol. The van der Waals surface area contributed by atoms with Crippen molar-refractivity contribution in [3.8, 4) is 0 Å². The zero-order chi connectivity index (χ0) is 16.0. The molecule has 1 aliphatic rings. The van der Waals surface area contributed by atoms with Gasteiger partial charge in [-0.2, -0.15) is 0 Å². The van der Waals surface area contributed by atoms with E-state index in [1.54, 1.807) is 4.90 Å². The smallest absolute Gasteiger partial charge is 0.317 e. The number of carboxylic acid groups (broad SMARTS) is 1. The molecule has 0 aromatic heterocycles. The van der Waals surface area contributed by atoms with Gasteiger partial charge in [0.2, 0.25) is 0 Å². The molecule has 21 heavy (non-hydrogen) atoms. The van der Waals surface area contributed by atoms with E-state index in [1.165, 1.54) is 0 Å². The first-order valence-corrected chi connectivity index (χ1v) is 7.31. The van der Waals surface area contributed by atoms with Crippen molar-refractivity contribution in [2.75, 3.05) is 59.9 Å². The van der Waals surface area contributed by atoms with E-state index >= 15 is 0 Å². The standard InChI is InChI=1S/C14H28N4O3/c1-14(2,11-16(3)4)10-15-13(21)18-7-5-17(6-8-18)9-12(19)20/h5-11H2,1-4H3,(H,15,21)(H,19,20). The quantitative estimate of drug-likeness (QED) is 0.721. The van der Waals surface area contributed by atoms with E-state index in [9.17, 15) is 9.59 Å². The molecule has 2 amide bonds. The highest BCUT2D eigenvalue weighted by Crippen LogP contribution is 2.14. The second-order valence-electron chi connectivity index (χ2n) is 6.72. The Labute approximate surface area is 126 Å². The number of carboxylic acids is 1. The summed E-state index contributed by atoms with van der Waals surface area (Å²) in [6.07, 6.45) is 0. The Balaban J connectivity index is 2.32. The van der Waals surface area contributed by atoms with Crippen LogP contribution in [0, 0.1) is 5.41 Å². The molecule has 0 radical (unpaired) electrons. The van der Waals surface area contributed by atoms with Gasteiger partial charge in [0.1, 0.15) is 0 Å². The summed E-state index contributed by atoms with van der Waals surface area (Å²) < 4.78 is 0. The molecule has 2 N–H and O–H groups in total. The van der Waals surface area contributed by atoms with E-state index in [0.717, 1.165) is 6.54 Å². The average Bonchev–Trinajstić information content (AvgIpc) is 2.34. The fourth-order valence-electron chi connectivity index (χ4n) is 2.64. The molecule has 122 valence electrons. The Morgan fingerprint density at radius 2 is 1.76 bits per heavy atom. The number of hydrogen-bond acceptors (Lipinski definition) is 4. The number of aliphatic carboxylic acids is 1. The summed E-state index contributed by atoms with van der Waals surface area (Å²) in [5.74, 6) is -0.821. The van der Waals surface area contributed by atoms with Gasteiger partial charge >= 0.3 is 12.0 Å². The van der Waals surface area contributed by atoms with Gasteiger partial charge in [0.05, 0.1) is 6.54 Å². The monoisotopic (exact) mass is 300 g/mol. The van der Waals surface area contributed by atoms with Gasteiger partial charge < -0.3 is 20.2 Å². The maximum atomic E-state index is 12.1. The number of amides is 2. The van der Waals surface area contributed by atoms with Crippen LogP contribution < -0.4 is 5.32 Å². The largest absolute Gasteiger partial charge is 0.480 e. The van der Waals surface area contributed by atoms with Crippen LogP contribution in [0.1, 0.15) is 13.8 Å². The number of urea groups is 1. The van der Waals surface area contributed by atoms with E-state index in [2.05, 4.69) is 24.1 Å². The molecule has 0 unspecified atom stereocenters. The summed E-state index contributed by atoms with van der Waals surface area (Å²) in [6.45, 7) is 8.20. The molecule has 1 fully saturated rings. The molecule has 1 aliphatic heterocycles. The van der Waals surface area contributed by atoms with Gasteiger partial charge in [-0.05, 0) is 19.5 Å². The highest BCUT2D eigenvalue weighted by Gasteiger charge is 2.24. The van der Waals surface area contributed by atoms with Crippen molar-refractivity contribution >= 4 is 12.0 Å². The number of carbonyl (C=O) groups is 2. The van der Waals surface area contributed by atoms with Crippen molar-refractivity contribution in [1.29, 1.82) is 0 Å². The number of nitrogens with one attached hydrogen (secondary N) is 1. The number of rotatable bonds is 6. The maximum Gasteiger partial charge on any atom is 0.317 e. The number of hydrogen-bond donors (Lipinski definition) is 2. The molecule has 0 aromatic carbocycles. The van der Waals surface area contributed by atoms with Gasteiger partial charge in [0, 0.05) is 39.3 Å². The molecule has 7 heteroatoms. The topological polar surface area (TPSA) is 76.1 Å². The van der Waals surface area contributed by atoms with Crippen molar-refractivity contribution in [2.45, 2.75) is 13.8 Å². The Hall–Kier alpha value is -1.34. The second-order valence-corrected chi connectivity index (χ2v) is 6.72. The van der Waals surface area contributed by atoms with Gasteiger partial charge in [-0.25, -0.2) is 4.79 Å². The van der Waals surface area contributed by atoms with Crippen LogP contribution in [0.25, 0.3) is 0 Å². The first-order chi connectivity index (χ1) is 9.69. The lowest BCUT2D eigenvalue weighted by molar-refractivity contribution is -0.138. The predicted molar refractivity (Wildman–Crippen MR) is 81.4 cm³/mol. The summed E-state index contributed by atoms with van der Waals surface area (Å²) in [5, 5.41) is 11.7. The highest BCUT2D eigenvalue weighted by molar-refractivity contribution is 5.74. The van der Waals surface area contributed by atoms with Crippen molar-refractivity contribution in [3.63, 3.8) is 0 Å². The fourth-order valence-corrected chi connectivity index (χ4v) is 2.64. The van der Waals surface area contributed by atoms with E-state index in [-0.39, 0.29) is 18.0 Å². The highest BCUT2D eigenvalue weighted by atomic mass is 16.4. The van der Waals surface area contributed by atoms with Crippen LogP contribution in [0.4, 0.5) is 4.79 Å². The average molecular weight is 300 g/mol. The summed E-state index contributed by atoms with van der Waals surface area (Å²) in [4.78, 5) is 28.5. The Morgan fingerprint density at radius 1 is 1.19 bits per heavy atom. The maximum absolute atomic E-state index is 12.1. The molecule has 1 heterocycles. The van der Waals surface area contributed by atoms with E-state index < -0.39 is 5.97 Å². The summed E-state index contributed by atoms with van der Waals surface area (Å²) >= 11 is 0. The Bertz CT molecular complexity index is 363. The summed E-state index contributed by atoms with van der Waals surface area (Å²) in [6, 6.07) is -0.0585. The Kier molecular flexibility index (Phi) is 6.42. The molecule has 1 saturated heterocycles. The second kappa shape index (κ2) is 7.61. The lowest BCUT2D eigenvalue weighted by Gasteiger charge is -2.35. The summed E-state index contributed by atoms with van der Waals surface area (Å²) in [7, 11) is 4.04. The third-order valence-electron chi connectivity index (χ3n) is 3.48. The predicted octanol–water partition coefficient (Wildman–Crippen LogP) is -0.0140. The number of carbonyl (C=O) groups excluding carboxylic acids is 1. The van der Waals surface area contributed by atoms with Gasteiger partial charge in [0.25, 0.3) is 0 Å². The molecule has 0 aliphatic carbocycles. The minimum Gasteiger partial charge on any atom is -0.480 e. The lowest BCUT2D eigenvalue weighted by Crippen LogP contribution is -2.53. The normalized spacial score (nSPS) is 17.1. The zero-order valence-corrected chi connectivity index (χ0v) is 13.6. The third kappa shape index (κ3) is 6.77. The van der Waals surface area contributed by atoms with E-state index in [4.69, 9.17) is 5.11 Å². The van der Waals surface area contributed by atoms with Crippen molar-refractivity contribution < 1.29 is 14.7 Å². The van der Waals surface area contributed by atoms with Crippen molar-refractivity contribution in [2.24, 2.45) is 5.41 Å². The van der Waals surface area contributed by atoms with Crippen LogP contribution in [-0.4, -0.2) is 91.7 Å². The molecular formula is C14H28N4O3. The third-order valence-corrected chi connectivity index (χ3v) is 3.48. The number of nitrogens with zero attached hydrogens (tertiary/aromatic N) is 3. The minimum absolute atomic E-state index is 0.0181. The van der Waals surface area contributed by atoms with Gasteiger partial charge in [-0.15, -0.1) is 0 Å². The van der Waals surface area contributed by atoms with Crippen LogP contribution in [0.15, 0.2) is 0 Å². The first kappa shape index (κ1) is 17.7. The molecule has 7 nitrogen and oxygen atoms in total. The first-order valence-electron chi connectivity index (χ1n) is 7.31. The van der Waals surface area contributed by atoms with Crippen LogP contribution in [0.3, 0.4) is 0 Å². The SMILES string of the molecule is CN(C)CC(C)(C)CNC(=O)N1CCN(CC(=O)O)CC1. The van der Waals surface area contributed by atoms with E-state index in [0.29, 0.717) is 32.7 Å². The zero-order valence-electron chi connectivity index (χ0n) is 13.6. The fraction of sp³-hybridized carbons (Fsp3) is 0.857. The molecule has 1 rings (SSSR count). The van der Waals surface area contributed by atoms with Crippen molar-refractivity contribution in [1.82, 2.24) is 20.0 Å². The minimum atomic E-state index is -0.821. The van der Waals surface area contributed by atoms with Gasteiger partial charge in [0.15, 0.2) is 0 Å². The summed E-state index contributed by atoms with van der Waals surface area (Å²) in [5.41, 5.74) is 0.0181.